The van der Waals surface area contributed by atoms with Gasteiger partial charge < -0.3 is 0 Å². The number of rotatable bonds is 12. The molecule has 0 amide bonds. The maximum atomic E-state index is 6.20. The third-order valence-electron chi connectivity index (χ3n) is 4.71. The van der Waals surface area contributed by atoms with E-state index >= 15 is 0 Å². The standard InChI is InChI=1S/C24H35NO/c1-3-5-7-8-14-19-25(26-20-6-4-2)24-18-13-12-17-23(24)21-22-15-10-9-11-16-22/h9-13,15-18,21,24H,3-8,14,19-20H2,1-2H3. The van der Waals surface area contributed by atoms with E-state index in [0.29, 0.717) is 0 Å². The second kappa shape index (κ2) is 12.7. The van der Waals surface area contributed by atoms with Gasteiger partial charge in [0, 0.05) is 6.54 Å². The number of hydrogen-bond donors (Lipinski definition) is 0. The second-order valence-corrected chi connectivity index (χ2v) is 6.99. The molecule has 0 saturated heterocycles. The Balaban J connectivity index is 2.05. The zero-order chi connectivity index (χ0) is 18.5. The van der Waals surface area contributed by atoms with Crippen LogP contribution in [0.4, 0.5) is 0 Å². The van der Waals surface area contributed by atoms with Crippen molar-refractivity contribution in [3.8, 4) is 0 Å². The number of benzene rings is 1. The Labute approximate surface area is 160 Å². The Morgan fingerprint density at radius 2 is 1.69 bits per heavy atom. The van der Waals surface area contributed by atoms with Crippen LogP contribution in [0, 0.1) is 0 Å². The van der Waals surface area contributed by atoms with Crippen LogP contribution >= 0.6 is 0 Å². The molecular formula is C24H35NO. The third-order valence-corrected chi connectivity index (χ3v) is 4.71. The fourth-order valence-electron chi connectivity index (χ4n) is 3.16. The van der Waals surface area contributed by atoms with E-state index < -0.39 is 0 Å². The van der Waals surface area contributed by atoms with E-state index in [0.717, 1.165) is 26.0 Å². The first-order valence-electron chi connectivity index (χ1n) is 10.4. The van der Waals surface area contributed by atoms with Gasteiger partial charge in [0.2, 0.25) is 0 Å². The van der Waals surface area contributed by atoms with E-state index in [1.165, 1.54) is 43.2 Å². The summed E-state index contributed by atoms with van der Waals surface area (Å²) in [6, 6.07) is 10.8. The van der Waals surface area contributed by atoms with Crippen molar-refractivity contribution >= 4 is 6.08 Å². The summed E-state index contributed by atoms with van der Waals surface area (Å²) in [6.45, 7) is 6.27. The highest BCUT2D eigenvalue weighted by atomic mass is 16.7. The molecule has 0 radical (unpaired) electrons. The van der Waals surface area contributed by atoms with Crippen molar-refractivity contribution in [2.24, 2.45) is 0 Å². The van der Waals surface area contributed by atoms with Gasteiger partial charge in [-0.25, -0.2) is 0 Å². The number of hydrogen-bond acceptors (Lipinski definition) is 2. The van der Waals surface area contributed by atoms with Crippen LogP contribution < -0.4 is 0 Å². The fraction of sp³-hybridized carbons (Fsp3) is 0.500. The Hall–Kier alpha value is -1.64. The van der Waals surface area contributed by atoms with E-state index in [1.807, 2.05) is 0 Å². The van der Waals surface area contributed by atoms with Crippen molar-refractivity contribution in [2.45, 2.75) is 64.8 Å². The number of unbranched alkanes of at least 4 members (excludes halogenated alkanes) is 5. The lowest BCUT2D eigenvalue weighted by atomic mass is 9.98. The van der Waals surface area contributed by atoms with E-state index in [1.54, 1.807) is 0 Å². The zero-order valence-corrected chi connectivity index (χ0v) is 16.6. The molecule has 0 heterocycles. The van der Waals surface area contributed by atoms with Crippen LogP contribution in [-0.4, -0.2) is 24.3 Å². The highest BCUT2D eigenvalue weighted by Crippen LogP contribution is 2.22. The molecule has 2 heteroatoms. The second-order valence-electron chi connectivity index (χ2n) is 6.99. The molecule has 26 heavy (non-hydrogen) atoms. The predicted molar refractivity (Wildman–Crippen MR) is 113 cm³/mol. The quantitative estimate of drug-likeness (QED) is 0.311. The van der Waals surface area contributed by atoms with Gasteiger partial charge in [0.15, 0.2) is 0 Å². The minimum absolute atomic E-state index is 0.197. The van der Waals surface area contributed by atoms with E-state index in [-0.39, 0.29) is 6.04 Å². The minimum atomic E-state index is 0.197. The van der Waals surface area contributed by atoms with Crippen LogP contribution in [0.25, 0.3) is 6.08 Å². The van der Waals surface area contributed by atoms with Gasteiger partial charge in [-0.05, 0) is 30.1 Å². The van der Waals surface area contributed by atoms with Gasteiger partial charge in [-0.2, -0.15) is 5.06 Å². The molecular weight excluding hydrogens is 318 g/mol. The summed E-state index contributed by atoms with van der Waals surface area (Å²) in [5, 5.41) is 2.20. The van der Waals surface area contributed by atoms with Crippen LogP contribution in [0.3, 0.4) is 0 Å². The highest BCUT2D eigenvalue weighted by Gasteiger charge is 2.21. The Bertz CT molecular complexity index is 573. The van der Waals surface area contributed by atoms with E-state index in [9.17, 15) is 0 Å². The largest absolute Gasteiger partial charge is 0.298 e. The summed E-state index contributed by atoms with van der Waals surface area (Å²) in [7, 11) is 0. The van der Waals surface area contributed by atoms with Crippen molar-refractivity contribution in [2.75, 3.05) is 13.2 Å². The molecule has 1 aliphatic carbocycles. The lowest BCUT2D eigenvalue weighted by molar-refractivity contribution is -0.170. The Morgan fingerprint density at radius 1 is 0.923 bits per heavy atom. The molecule has 1 aliphatic rings. The molecule has 0 spiro atoms. The summed E-state index contributed by atoms with van der Waals surface area (Å²) in [6.07, 6.45) is 19.7. The average Bonchev–Trinajstić information content (AvgIpc) is 2.68. The van der Waals surface area contributed by atoms with Crippen molar-refractivity contribution < 1.29 is 4.84 Å². The maximum Gasteiger partial charge on any atom is 0.0786 e. The summed E-state index contributed by atoms with van der Waals surface area (Å²) >= 11 is 0. The van der Waals surface area contributed by atoms with E-state index in [4.69, 9.17) is 4.84 Å². The van der Waals surface area contributed by atoms with Gasteiger partial charge in [-0.1, -0.05) is 101 Å². The molecule has 2 nitrogen and oxygen atoms in total. The summed E-state index contributed by atoms with van der Waals surface area (Å²) in [5.41, 5.74) is 2.53. The predicted octanol–water partition coefficient (Wildman–Crippen LogP) is 6.57. The summed E-state index contributed by atoms with van der Waals surface area (Å²) < 4.78 is 0. The lowest BCUT2D eigenvalue weighted by Gasteiger charge is -2.31. The van der Waals surface area contributed by atoms with Crippen LogP contribution in [0.15, 0.2) is 60.2 Å². The van der Waals surface area contributed by atoms with Crippen molar-refractivity contribution in [3.05, 3.63) is 65.8 Å². The maximum absolute atomic E-state index is 6.20. The number of allylic oxidation sites excluding steroid dienone is 2. The van der Waals surface area contributed by atoms with Crippen LogP contribution in [0.1, 0.15) is 64.4 Å². The minimum Gasteiger partial charge on any atom is -0.298 e. The van der Waals surface area contributed by atoms with Crippen molar-refractivity contribution in [3.63, 3.8) is 0 Å². The molecule has 0 aliphatic heterocycles. The first kappa shape index (κ1) is 20.7. The summed E-state index contributed by atoms with van der Waals surface area (Å²) in [5.74, 6) is 0. The smallest absolute Gasteiger partial charge is 0.0786 e. The molecule has 1 atom stereocenters. The van der Waals surface area contributed by atoms with Gasteiger partial charge in [-0.3, -0.25) is 4.84 Å². The molecule has 1 aromatic carbocycles. The molecule has 0 saturated carbocycles. The van der Waals surface area contributed by atoms with Gasteiger partial charge in [0.25, 0.3) is 0 Å². The van der Waals surface area contributed by atoms with Crippen LogP contribution in [0.5, 0.6) is 0 Å². The molecule has 1 unspecified atom stereocenters. The molecule has 2 rings (SSSR count). The number of nitrogens with zero attached hydrogens (tertiary/aromatic N) is 1. The lowest BCUT2D eigenvalue weighted by Crippen LogP contribution is -2.37. The topological polar surface area (TPSA) is 12.5 Å². The van der Waals surface area contributed by atoms with Crippen LogP contribution in [-0.2, 0) is 4.84 Å². The molecule has 1 aromatic rings. The van der Waals surface area contributed by atoms with Gasteiger partial charge in [-0.15, -0.1) is 0 Å². The highest BCUT2D eigenvalue weighted by molar-refractivity contribution is 5.59. The van der Waals surface area contributed by atoms with Crippen LogP contribution in [0.2, 0.25) is 0 Å². The van der Waals surface area contributed by atoms with Gasteiger partial charge in [0.1, 0.15) is 0 Å². The SMILES string of the molecule is CCCCCCCN(OCCCC)C1C=CC=CC1=Cc1ccccc1. The molecule has 0 N–H and O–H groups in total. The fourth-order valence-corrected chi connectivity index (χ4v) is 3.16. The zero-order valence-electron chi connectivity index (χ0n) is 16.6. The Kier molecular flexibility index (Phi) is 10.1. The average molecular weight is 354 g/mol. The molecule has 0 aromatic heterocycles. The monoisotopic (exact) mass is 353 g/mol. The summed E-state index contributed by atoms with van der Waals surface area (Å²) in [4.78, 5) is 6.20. The van der Waals surface area contributed by atoms with Crippen molar-refractivity contribution in [1.29, 1.82) is 0 Å². The molecule has 142 valence electrons. The van der Waals surface area contributed by atoms with Gasteiger partial charge >= 0.3 is 0 Å². The first-order chi connectivity index (χ1) is 12.8. The first-order valence-corrected chi connectivity index (χ1v) is 10.4. The van der Waals surface area contributed by atoms with Crippen molar-refractivity contribution in [1.82, 2.24) is 5.06 Å². The third kappa shape index (κ3) is 7.31. The number of hydroxylamine groups is 2. The van der Waals surface area contributed by atoms with Gasteiger partial charge in [0.05, 0.1) is 12.6 Å². The molecule has 0 fully saturated rings. The normalized spacial score (nSPS) is 18.1. The van der Waals surface area contributed by atoms with E-state index in [2.05, 4.69) is 79.6 Å². The molecule has 0 bridgehead atoms. The Morgan fingerprint density at radius 3 is 2.46 bits per heavy atom.